The maximum atomic E-state index is 12.2. The van der Waals surface area contributed by atoms with E-state index in [2.05, 4.69) is 0 Å². The van der Waals surface area contributed by atoms with Crippen molar-refractivity contribution in [2.24, 2.45) is 0 Å². The third-order valence-corrected chi connectivity index (χ3v) is 3.36. The number of piperazine rings is 1. The highest BCUT2D eigenvalue weighted by atomic mass is 16.2. The van der Waals surface area contributed by atoms with Crippen LogP contribution < -0.4 is 9.80 Å². The van der Waals surface area contributed by atoms with Crippen LogP contribution in [0.25, 0.3) is 0 Å². The minimum absolute atomic E-state index is 0.480. The van der Waals surface area contributed by atoms with Crippen LogP contribution in [0.3, 0.4) is 0 Å². The zero-order valence-electron chi connectivity index (χ0n) is 10.9. The monoisotopic (exact) mass is 266 g/mol. The first-order chi connectivity index (χ1) is 9.77. The number of hydrogen-bond acceptors (Lipinski definition) is 2. The van der Waals surface area contributed by atoms with Gasteiger partial charge in [0.15, 0.2) is 0 Å². The molecule has 2 aromatic rings. The summed E-state index contributed by atoms with van der Waals surface area (Å²) >= 11 is 0. The van der Waals surface area contributed by atoms with Crippen molar-refractivity contribution in [3.05, 3.63) is 60.7 Å². The molecule has 4 heteroatoms. The normalized spacial score (nSPS) is 15.6. The molecular formula is C16H14N2O2. The minimum atomic E-state index is -0.480. The van der Waals surface area contributed by atoms with Gasteiger partial charge in [-0.15, -0.1) is 0 Å². The fraction of sp³-hybridized carbons (Fsp3) is 0.125. The van der Waals surface area contributed by atoms with Gasteiger partial charge < -0.3 is 9.80 Å². The number of carbonyl (C=O) groups is 2. The zero-order chi connectivity index (χ0) is 13.9. The molecule has 0 bridgehead atoms. The molecule has 0 saturated carbocycles. The summed E-state index contributed by atoms with van der Waals surface area (Å²) in [5.74, 6) is -0.961. The maximum Gasteiger partial charge on any atom is 0.316 e. The van der Waals surface area contributed by atoms with Gasteiger partial charge >= 0.3 is 11.8 Å². The smallest absolute Gasteiger partial charge is 0.302 e. The van der Waals surface area contributed by atoms with Crippen LogP contribution >= 0.6 is 0 Å². The average molecular weight is 266 g/mol. The number of benzene rings is 2. The summed E-state index contributed by atoms with van der Waals surface area (Å²) in [6.45, 7) is 1.01. The molecule has 1 aliphatic heterocycles. The van der Waals surface area contributed by atoms with Crippen LogP contribution in [0.15, 0.2) is 60.7 Å². The number of rotatable bonds is 2. The summed E-state index contributed by atoms with van der Waals surface area (Å²) in [7, 11) is 0. The van der Waals surface area contributed by atoms with Crippen molar-refractivity contribution in [2.75, 3.05) is 22.9 Å². The second-order valence-corrected chi connectivity index (χ2v) is 4.58. The molecule has 3 rings (SSSR count). The minimum Gasteiger partial charge on any atom is -0.302 e. The Labute approximate surface area is 117 Å². The summed E-state index contributed by atoms with van der Waals surface area (Å²) in [6.07, 6.45) is 0. The van der Waals surface area contributed by atoms with E-state index < -0.39 is 11.8 Å². The van der Waals surface area contributed by atoms with Gasteiger partial charge in [0, 0.05) is 24.5 Å². The van der Waals surface area contributed by atoms with Gasteiger partial charge in [-0.25, -0.2) is 0 Å². The van der Waals surface area contributed by atoms with Gasteiger partial charge in [0.1, 0.15) is 0 Å². The van der Waals surface area contributed by atoms with Crippen LogP contribution in [0.2, 0.25) is 0 Å². The first kappa shape index (κ1) is 12.4. The molecule has 0 radical (unpaired) electrons. The Bertz CT molecular complexity index is 568. The molecule has 0 atom stereocenters. The molecule has 2 amide bonds. The maximum absolute atomic E-state index is 12.2. The van der Waals surface area contributed by atoms with Gasteiger partial charge in [0.25, 0.3) is 0 Å². The highest BCUT2D eigenvalue weighted by molar-refractivity contribution is 6.45. The van der Waals surface area contributed by atoms with Gasteiger partial charge in [0.2, 0.25) is 0 Å². The van der Waals surface area contributed by atoms with Crippen molar-refractivity contribution in [1.82, 2.24) is 0 Å². The van der Waals surface area contributed by atoms with Crippen molar-refractivity contribution in [3.8, 4) is 0 Å². The van der Waals surface area contributed by atoms with Crippen molar-refractivity contribution < 1.29 is 9.59 Å². The summed E-state index contributed by atoms with van der Waals surface area (Å²) in [6, 6.07) is 18.5. The third kappa shape index (κ3) is 2.16. The van der Waals surface area contributed by atoms with Crippen LogP contribution in [-0.4, -0.2) is 24.9 Å². The molecule has 1 saturated heterocycles. The van der Waals surface area contributed by atoms with Gasteiger partial charge in [0.05, 0.1) is 0 Å². The first-order valence-corrected chi connectivity index (χ1v) is 6.51. The second kappa shape index (κ2) is 5.17. The molecule has 0 spiro atoms. The van der Waals surface area contributed by atoms with E-state index in [1.165, 1.54) is 9.80 Å². The zero-order valence-corrected chi connectivity index (χ0v) is 10.9. The number of amides is 2. The van der Waals surface area contributed by atoms with Gasteiger partial charge in [-0.05, 0) is 24.3 Å². The number of nitrogens with zero attached hydrogens (tertiary/aromatic N) is 2. The molecular weight excluding hydrogens is 252 g/mol. The van der Waals surface area contributed by atoms with E-state index in [1.807, 2.05) is 60.7 Å². The number of anilines is 2. The Morgan fingerprint density at radius 2 is 0.950 bits per heavy atom. The fourth-order valence-corrected chi connectivity index (χ4v) is 2.34. The molecule has 0 N–H and O–H groups in total. The standard InChI is InChI=1S/C16H14N2O2/c19-15-16(20)18(14-9-5-2-6-10-14)12-11-17(15)13-7-3-1-4-8-13/h1-10H,11-12H2. The molecule has 0 aliphatic carbocycles. The van der Waals surface area contributed by atoms with Crippen LogP contribution in [0.4, 0.5) is 11.4 Å². The topological polar surface area (TPSA) is 40.6 Å². The Hall–Kier alpha value is -2.62. The van der Waals surface area contributed by atoms with Crippen LogP contribution in [0, 0.1) is 0 Å². The molecule has 4 nitrogen and oxygen atoms in total. The number of para-hydroxylation sites is 2. The largest absolute Gasteiger partial charge is 0.316 e. The Kier molecular flexibility index (Phi) is 3.21. The van der Waals surface area contributed by atoms with Crippen molar-refractivity contribution in [3.63, 3.8) is 0 Å². The summed E-state index contributed by atoms with van der Waals surface area (Å²) in [5.41, 5.74) is 1.53. The third-order valence-electron chi connectivity index (χ3n) is 3.36. The molecule has 2 aromatic carbocycles. The van der Waals surface area contributed by atoms with Gasteiger partial charge in [-0.2, -0.15) is 0 Å². The second-order valence-electron chi connectivity index (χ2n) is 4.58. The van der Waals surface area contributed by atoms with Gasteiger partial charge in [-0.3, -0.25) is 9.59 Å². The molecule has 100 valence electrons. The highest BCUT2D eigenvalue weighted by Crippen LogP contribution is 2.21. The predicted octanol–water partition coefficient (Wildman–Crippen LogP) is 2.07. The molecule has 1 heterocycles. The lowest BCUT2D eigenvalue weighted by molar-refractivity contribution is -0.136. The molecule has 1 fully saturated rings. The van der Waals surface area contributed by atoms with Gasteiger partial charge in [-0.1, -0.05) is 36.4 Å². The fourth-order valence-electron chi connectivity index (χ4n) is 2.34. The van der Waals surface area contributed by atoms with E-state index in [0.29, 0.717) is 13.1 Å². The first-order valence-electron chi connectivity index (χ1n) is 6.51. The summed E-state index contributed by atoms with van der Waals surface area (Å²) in [5, 5.41) is 0. The summed E-state index contributed by atoms with van der Waals surface area (Å²) < 4.78 is 0. The highest BCUT2D eigenvalue weighted by Gasteiger charge is 2.33. The van der Waals surface area contributed by atoms with E-state index in [4.69, 9.17) is 0 Å². The van der Waals surface area contributed by atoms with E-state index in [1.54, 1.807) is 0 Å². The Morgan fingerprint density at radius 3 is 1.30 bits per heavy atom. The Morgan fingerprint density at radius 1 is 0.600 bits per heavy atom. The van der Waals surface area contributed by atoms with Crippen molar-refractivity contribution in [1.29, 1.82) is 0 Å². The van der Waals surface area contributed by atoms with E-state index in [0.717, 1.165) is 11.4 Å². The average Bonchev–Trinajstić information content (AvgIpc) is 2.52. The van der Waals surface area contributed by atoms with E-state index >= 15 is 0 Å². The molecule has 1 aliphatic rings. The summed E-state index contributed by atoms with van der Waals surface area (Å²) in [4.78, 5) is 27.5. The number of hydrogen-bond donors (Lipinski definition) is 0. The number of carbonyl (C=O) groups excluding carboxylic acids is 2. The Balaban J connectivity index is 1.85. The van der Waals surface area contributed by atoms with Crippen LogP contribution in [-0.2, 0) is 9.59 Å². The SMILES string of the molecule is O=C1C(=O)N(c2ccccc2)CCN1c1ccccc1. The molecule has 0 aromatic heterocycles. The van der Waals surface area contributed by atoms with Crippen molar-refractivity contribution in [2.45, 2.75) is 0 Å². The lowest BCUT2D eigenvalue weighted by Crippen LogP contribution is -2.54. The van der Waals surface area contributed by atoms with E-state index in [9.17, 15) is 9.59 Å². The molecule has 20 heavy (non-hydrogen) atoms. The lowest BCUT2D eigenvalue weighted by atomic mass is 10.2. The van der Waals surface area contributed by atoms with Crippen LogP contribution in [0.5, 0.6) is 0 Å². The van der Waals surface area contributed by atoms with Crippen LogP contribution in [0.1, 0.15) is 0 Å². The predicted molar refractivity (Wildman–Crippen MR) is 77.6 cm³/mol. The quantitative estimate of drug-likeness (QED) is 0.781. The lowest BCUT2D eigenvalue weighted by Gasteiger charge is -2.33. The van der Waals surface area contributed by atoms with Crippen molar-refractivity contribution >= 4 is 23.2 Å². The van der Waals surface area contributed by atoms with E-state index in [-0.39, 0.29) is 0 Å². The molecule has 0 unspecified atom stereocenters.